The van der Waals surface area contributed by atoms with Gasteiger partial charge in [0.1, 0.15) is 6.50 Å². The minimum absolute atomic E-state index is 0.165. The zero-order chi connectivity index (χ0) is 63.1. The second kappa shape index (κ2) is 16.7. The Hall–Kier alpha value is -4.52. The highest BCUT2D eigenvalue weighted by molar-refractivity contribution is 7.98. The molecule has 1 aliphatic rings. The molecular weight excluding hydrogens is 710 g/mol. The molecule has 6 rings (SSSR count). The maximum Gasteiger partial charge on any atom is 0.416 e. The Labute approximate surface area is 349 Å². The molecule has 0 bridgehead atoms. The van der Waals surface area contributed by atoms with Crippen molar-refractivity contribution < 1.29 is 71.2 Å². The molecule has 1 saturated heterocycles. The molecule has 5 aromatic rings. The summed E-state index contributed by atoms with van der Waals surface area (Å²) in [7, 11) is -3.30. The summed E-state index contributed by atoms with van der Waals surface area (Å²) in [4.78, 5) is 29.0. The lowest BCUT2D eigenvalue weighted by Gasteiger charge is -2.39. The van der Waals surface area contributed by atoms with Crippen molar-refractivity contribution in [2.24, 2.45) is 0 Å². The van der Waals surface area contributed by atoms with Crippen LogP contribution in [0.5, 0.6) is 0 Å². The van der Waals surface area contributed by atoms with Gasteiger partial charge >= 0.3 is 6.18 Å². The minimum Gasteiger partial charge on any atom is -0.383 e. The number of nitrogens with zero attached hydrogens (tertiary/aromatic N) is 3. The molecule has 0 atom stereocenters. The van der Waals surface area contributed by atoms with Gasteiger partial charge in [-0.05, 0) is 66.6 Å². The largest absolute Gasteiger partial charge is 0.416 e. The average molecular weight is 779 g/mol. The molecule has 1 fully saturated rings. The van der Waals surface area contributed by atoms with Crippen molar-refractivity contribution in [1.82, 2.24) is 14.4 Å². The van der Waals surface area contributed by atoms with E-state index in [-0.39, 0.29) is 21.2 Å². The number of rotatable bonds is 12. The van der Waals surface area contributed by atoms with E-state index in [1.165, 1.54) is 0 Å². The molecule has 6 nitrogen and oxygen atoms in total. The highest BCUT2D eigenvalue weighted by Crippen LogP contribution is 2.32. The monoisotopic (exact) mass is 778 g/mol. The number of pyridine rings is 1. The number of likely N-dealkylation sites (tertiary alicyclic amines) is 1. The Kier molecular flexibility index (Phi) is 5.05. The van der Waals surface area contributed by atoms with Crippen LogP contribution in [0, 0.1) is 18.6 Å². The summed E-state index contributed by atoms with van der Waals surface area (Å²) >= 11 is -0.165. The Morgan fingerprint density at radius 2 is 1.74 bits per heavy atom. The van der Waals surface area contributed by atoms with Gasteiger partial charge in [-0.3, -0.25) is 9.59 Å². The molecule has 12 heteroatoms. The van der Waals surface area contributed by atoms with Crippen LogP contribution < -0.4 is 5.43 Å². The van der Waals surface area contributed by atoms with Gasteiger partial charge < -0.3 is 19.1 Å². The van der Waals surface area contributed by atoms with Crippen molar-refractivity contribution in [1.29, 1.82) is 0 Å². The second-order valence-electron chi connectivity index (χ2n) is 10.5. The molecule has 53 heavy (non-hydrogen) atoms. The summed E-state index contributed by atoms with van der Waals surface area (Å²) in [5.74, 6) is -7.98. The second-order valence-corrected chi connectivity index (χ2v) is 11.5. The molecule has 0 saturated carbocycles. The number of thioether (sulfide) groups is 1. The van der Waals surface area contributed by atoms with Crippen LogP contribution in [0.3, 0.4) is 0 Å². The zero-order valence-corrected chi connectivity index (χ0v) is 27.5. The van der Waals surface area contributed by atoms with E-state index in [0.29, 0.717) is 0 Å². The number of halogens is 5. The van der Waals surface area contributed by atoms with Crippen molar-refractivity contribution in [3.8, 4) is 11.1 Å². The smallest absolute Gasteiger partial charge is 0.383 e. The van der Waals surface area contributed by atoms with Crippen LogP contribution in [0.15, 0.2) is 100 Å². The van der Waals surface area contributed by atoms with E-state index in [2.05, 4.69) is 4.74 Å². The molecule has 1 aliphatic heterocycles. The third-order valence-corrected chi connectivity index (χ3v) is 7.89. The fourth-order valence-corrected chi connectivity index (χ4v) is 5.28. The number of piperidine rings is 1. The van der Waals surface area contributed by atoms with Gasteiger partial charge in [0.2, 0.25) is 5.91 Å². The van der Waals surface area contributed by atoms with Crippen LogP contribution in [0.2, 0.25) is 0 Å². The first-order valence-electron chi connectivity index (χ1n) is 29.2. The van der Waals surface area contributed by atoms with Crippen molar-refractivity contribution in [2.45, 2.75) is 55.7 Å². The third kappa shape index (κ3) is 9.17. The number of carbonyl (C=O) groups is 1. The number of hydrogen-bond donors (Lipinski definition) is 0. The fraction of sp³-hybridized carbons (Fsp3) is 0.317. The van der Waals surface area contributed by atoms with E-state index in [1.54, 1.807) is 0 Å². The summed E-state index contributed by atoms with van der Waals surface area (Å²) < 4.78 is 329. The molecular formula is C41H40F5N3O3S. The molecule has 0 radical (unpaired) electrons. The van der Waals surface area contributed by atoms with Gasteiger partial charge in [-0.1, -0.05) is 59.9 Å². The standard InChI is InChI=1S/C41H40F5N3O3S/c1-27-6-15-36-34(22-27)37(50)23-39(53-26-31-4-3-5-35(42)40(31)43)49(36)25-38(51)48(33-16-18-47(19-17-33)20-21-52-2)24-28-7-9-29(10-8-28)30-11-13-32(14-12-30)41(44,45)46/h3-15,22-23,33H,16-21,24-26H2,1-2H3/i2D3,3D,4D,5D,6D,7D,8D,9D,10D,11D,12D,13D,14D,15D,16D2,17D2,18D2,19D2,22D,23D,25D2,33D. The van der Waals surface area contributed by atoms with Crippen LogP contribution >= 0.6 is 11.8 Å². The SMILES string of the molecule is [2H]c1c([2H])c(F)c(F)c(CSc2c([2H])c(=O)c3c([2H])c(C)c([2H])c([2H])c3n2C([2H])([2H])C(=O)N(Cc2c([2H])c([2H])c(-c3c([2H])c([2H])c(C(F)(F)F)c([2H])c3[2H])c([2H])c2[2H])C2([2H])C([2H])([2H])C([2H])([2H])N(CCOC([2H])([2H])[2H])C([2H])([2H])C2([2H])[2H])c1[2H]. The van der Waals surface area contributed by atoms with Crippen molar-refractivity contribution in [2.75, 3.05) is 33.2 Å². The van der Waals surface area contributed by atoms with Gasteiger partial charge in [0.15, 0.2) is 17.1 Å². The topological polar surface area (TPSA) is 54.8 Å². The number of ether oxygens (including phenoxy) is 1. The van der Waals surface area contributed by atoms with E-state index in [9.17, 15) is 32.0 Å². The van der Waals surface area contributed by atoms with Gasteiger partial charge in [-0.25, -0.2) is 8.78 Å². The van der Waals surface area contributed by atoms with Gasteiger partial charge in [-0.15, -0.1) is 11.8 Å². The summed E-state index contributed by atoms with van der Waals surface area (Å²) in [5, 5.41) is -2.50. The lowest BCUT2D eigenvalue weighted by molar-refractivity contribution is -0.137. The van der Waals surface area contributed by atoms with Crippen LogP contribution in [0.25, 0.3) is 22.0 Å². The number of alkyl halides is 3. The van der Waals surface area contributed by atoms with Gasteiger partial charge in [-0.2, -0.15) is 13.2 Å². The lowest BCUT2D eigenvalue weighted by atomic mass is 10.00. The first kappa shape index (κ1) is 16.1. The minimum atomic E-state index is -5.55. The summed E-state index contributed by atoms with van der Waals surface area (Å²) in [6, 6.07) is -26.6. The molecule has 278 valence electrons. The van der Waals surface area contributed by atoms with Crippen LogP contribution in [-0.4, -0.2) is 59.5 Å². The van der Waals surface area contributed by atoms with E-state index >= 15 is 9.18 Å². The number of methoxy groups -OCH3 is 1. The lowest BCUT2D eigenvalue weighted by Crippen LogP contribution is -2.48. The first-order valence-corrected chi connectivity index (χ1v) is 15.7. The molecule has 1 aromatic heterocycles. The molecule has 0 N–H and O–H groups in total. The number of carbonyl (C=O) groups excluding carboxylic acids is 1. The molecule has 0 aliphatic carbocycles. The van der Waals surface area contributed by atoms with Gasteiger partial charge in [0, 0.05) is 72.9 Å². The van der Waals surface area contributed by atoms with Crippen molar-refractivity contribution >= 4 is 28.6 Å². The number of hydrogen-bond acceptors (Lipinski definition) is 5. The van der Waals surface area contributed by atoms with Crippen LogP contribution in [0.1, 0.15) is 74.8 Å². The Morgan fingerprint density at radius 3 is 2.42 bits per heavy atom. The summed E-state index contributed by atoms with van der Waals surface area (Å²) in [5.41, 5.74) is -10.8. The maximum atomic E-state index is 15.9. The first-order chi connectivity index (χ1) is 37.0. The zero-order valence-electron chi connectivity index (χ0n) is 55.7. The molecule has 0 unspecified atom stereocenters. The van der Waals surface area contributed by atoms with E-state index in [1.807, 2.05) is 0 Å². The Bertz CT molecular complexity index is 3480. The van der Waals surface area contributed by atoms with Crippen molar-refractivity contribution in [3.05, 3.63) is 135 Å². The van der Waals surface area contributed by atoms with Gasteiger partial charge in [0.05, 0.1) is 51.5 Å². The summed E-state index contributed by atoms with van der Waals surface area (Å²) in [6.45, 7) is -16.9. The number of aromatic nitrogens is 1. The quantitative estimate of drug-likeness (QED) is 0.0938. The van der Waals surface area contributed by atoms with Crippen molar-refractivity contribution in [3.63, 3.8) is 0 Å². The van der Waals surface area contributed by atoms with E-state index in [0.717, 1.165) is 6.92 Å². The fourth-order valence-electron chi connectivity index (χ4n) is 4.37. The Balaban J connectivity index is 1.77. The van der Waals surface area contributed by atoms with E-state index in [4.69, 9.17) is 30.2 Å². The maximum absolute atomic E-state index is 15.9. The molecule has 4 aromatic carbocycles. The summed E-state index contributed by atoms with van der Waals surface area (Å²) in [6.07, 6.45) is -14.8. The number of benzene rings is 4. The van der Waals surface area contributed by atoms with Gasteiger partial charge in [0.25, 0.3) is 0 Å². The molecule has 0 spiro atoms. The van der Waals surface area contributed by atoms with Crippen LogP contribution in [0.4, 0.5) is 22.0 Å². The predicted molar refractivity (Wildman–Crippen MR) is 198 cm³/mol. The van der Waals surface area contributed by atoms with Crippen LogP contribution in [-0.2, 0) is 34.5 Å². The normalized spacial score (nSPS) is 26.9. The highest BCUT2D eigenvalue weighted by Gasteiger charge is 2.31. The third-order valence-electron chi connectivity index (χ3n) is 6.90. The number of fused-ring (bicyclic) bond motifs is 1. The predicted octanol–water partition coefficient (Wildman–Crippen LogP) is 8.71. The molecule has 2 heterocycles. The number of amides is 1. The average Bonchev–Trinajstić information content (AvgIpc) is 3.46. The highest BCUT2D eigenvalue weighted by atomic mass is 32.2. The van der Waals surface area contributed by atoms with E-state index < -0.39 is 245 Å². The Morgan fingerprint density at radius 1 is 1.04 bits per heavy atom. The molecule has 1 amide bonds.